The number of nitrogens with zero attached hydrogens (tertiary/aromatic N) is 2. The summed E-state index contributed by atoms with van der Waals surface area (Å²) in [6.07, 6.45) is 5.27. The molecule has 1 saturated heterocycles. The van der Waals surface area contributed by atoms with Crippen LogP contribution in [0.25, 0.3) is 0 Å². The van der Waals surface area contributed by atoms with E-state index >= 15 is 0 Å². The summed E-state index contributed by atoms with van der Waals surface area (Å²) < 4.78 is 0. The molecule has 1 amide bonds. The fourth-order valence-corrected chi connectivity index (χ4v) is 3.22. The molecular weight excluding hydrogens is 252 g/mol. The van der Waals surface area contributed by atoms with Gasteiger partial charge in [0.25, 0.3) is 0 Å². The highest BCUT2D eigenvalue weighted by molar-refractivity contribution is 5.76. The predicted molar refractivity (Wildman–Crippen MR) is 81.5 cm³/mol. The molecule has 5 heteroatoms. The monoisotopic (exact) mass is 282 g/mol. The number of carbonyl (C=O) groups is 1. The summed E-state index contributed by atoms with van der Waals surface area (Å²) in [7, 11) is 2.16. The summed E-state index contributed by atoms with van der Waals surface area (Å²) in [6, 6.07) is 0.229. The molecule has 0 radical (unpaired) electrons. The van der Waals surface area contributed by atoms with E-state index in [0.29, 0.717) is 12.3 Å². The number of carbonyl (C=O) groups excluding carboxylic acids is 1. The van der Waals surface area contributed by atoms with Crippen LogP contribution in [-0.2, 0) is 4.79 Å². The van der Waals surface area contributed by atoms with Crippen molar-refractivity contribution in [2.45, 2.75) is 38.1 Å². The Morgan fingerprint density at radius 2 is 1.90 bits per heavy atom. The molecule has 0 aromatic carbocycles. The van der Waals surface area contributed by atoms with Gasteiger partial charge >= 0.3 is 0 Å². The first-order valence-corrected chi connectivity index (χ1v) is 8.08. The molecule has 3 N–H and O–H groups in total. The van der Waals surface area contributed by atoms with Gasteiger partial charge in [0.2, 0.25) is 5.91 Å². The Morgan fingerprint density at radius 3 is 2.60 bits per heavy atom. The summed E-state index contributed by atoms with van der Waals surface area (Å²) in [5.74, 6) is 0.578. The normalized spacial score (nSPS) is 29.3. The van der Waals surface area contributed by atoms with Gasteiger partial charge in [0.1, 0.15) is 0 Å². The fraction of sp³-hybridized carbons (Fsp3) is 0.933. The molecule has 1 heterocycles. The molecule has 2 unspecified atom stereocenters. The summed E-state index contributed by atoms with van der Waals surface area (Å²) in [5.41, 5.74) is 6.09. The van der Waals surface area contributed by atoms with Crippen LogP contribution in [0, 0.1) is 5.92 Å². The molecule has 0 spiro atoms. The van der Waals surface area contributed by atoms with E-state index in [-0.39, 0.29) is 11.9 Å². The zero-order valence-corrected chi connectivity index (χ0v) is 12.8. The average Bonchev–Trinajstić information content (AvgIpc) is 2.44. The van der Waals surface area contributed by atoms with Crippen LogP contribution >= 0.6 is 0 Å². The lowest BCUT2D eigenvalue weighted by atomic mass is 9.83. The molecule has 20 heavy (non-hydrogen) atoms. The van der Waals surface area contributed by atoms with Crippen LogP contribution < -0.4 is 11.1 Å². The van der Waals surface area contributed by atoms with Crippen LogP contribution in [0.2, 0.25) is 0 Å². The zero-order chi connectivity index (χ0) is 14.4. The van der Waals surface area contributed by atoms with E-state index in [1.54, 1.807) is 0 Å². The Balaban J connectivity index is 1.58. The minimum absolute atomic E-state index is 0.182. The first-order valence-electron chi connectivity index (χ1n) is 8.08. The molecule has 0 aromatic heterocycles. The molecule has 2 atom stereocenters. The van der Waals surface area contributed by atoms with E-state index in [4.69, 9.17) is 5.73 Å². The second kappa shape index (κ2) is 7.96. The van der Waals surface area contributed by atoms with Gasteiger partial charge in [-0.15, -0.1) is 0 Å². The minimum atomic E-state index is 0.182. The Morgan fingerprint density at radius 1 is 1.20 bits per heavy atom. The molecule has 2 rings (SSSR count). The van der Waals surface area contributed by atoms with Crippen molar-refractivity contribution in [2.24, 2.45) is 11.7 Å². The third-order valence-electron chi connectivity index (χ3n) is 4.76. The van der Waals surface area contributed by atoms with Gasteiger partial charge in [-0.25, -0.2) is 0 Å². The van der Waals surface area contributed by atoms with Crippen molar-refractivity contribution in [3.05, 3.63) is 0 Å². The summed E-state index contributed by atoms with van der Waals surface area (Å²) in [4.78, 5) is 16.7. The highest BCUT2D eigenvalue weighted by Crippen LogP contribution is 2.25. The maximum atomic E-state index is 12.0. The number of amides is 1. The van der Waals surface area contributed by atoms with Crippen LogP contribution in [0.15, 0.2) is 0 Å². The lowest BCUT2D eigenvalue weighted by molar-refractivity contribution is -0.122. The highest BCUT2D eigenvalue weighted by Gasteiger charge is 2.24. The van der Waals surface area contributed by atoms with Gasteiger partial charge < -0.3 is 16.0 Å². The van der Waals surface area contributed by atoms with Crippen LogP contribution in [0.5, 0.6) is 0 Å². The predicted octanol–water partition coefficient (Wildman–Crippen LogP) is 0.258. The number of rotatable bonds is 5. The van der Waals surface area contributed by atoms with Crippen molar-refractivity contribution >= 4 is 5.91 Å². The van der Waals surface area contributed by atoms with Crippen LogP contribution in [-0.4, -0.2) is 68.1 Å². The van der Waals surface area contributed by atoms with Gasteiger partial charge in [-0.05, 0) is 25.8 Å². The molecule has 1 saturated carbocycles. The summed E-state index contributed by atoms with van der Waals surface area (Å²) in [5, 5.41) is 3.06. The number of hydrogen-bond donors (Lipinski definition) is 2. The number of likely N-dealkylation sites (N-methyl/N-ethyl adjacent to an activating group) is 1. The van der Waals surface area contributed by atoms with Crippen LogP contribution in [0.4, 0.5) is 0 Å². The van der Waals surface area contributed by atoms with Crippen molar-refractivity contribution in [3.63, 3.8) is 0 Å². The van der Waals surface area contributed by atoms with E-state index in [2.05, 4.69) is 22.2 Å². The van der Waals surface area contributed by atoms with Gasteiger partial charge in [-0.1, -0.05) is 12.8 Å². The van der Waals surface area contributed by atoms with E-state index in [1.165, 1.54) is 12.8 Å². The van der Waals surface area contributed by atoms with Gasteiger partial charge in [0.05, 0.1) is 0 Å². The molecule has 0 aromatic rings. The third-order valence-corrected chi connectivity index (χ3v) is 4.76. The molecule has 2 fully saturated rings. The van der Waals surface area contributed by atoms with Gasteiger partial charge in [-0.2, -0.15) is 0 Å². The maximum Gasteiger partial charge on any atom is 0.220 e. The summed E-state index contributed by atoms with van der Waals surface area (Å²) in [6.45, 7) is 6.22. The minimum Gasteiger partial charge on any atom is -0.355 e. The fourth-order valence-electron chi connectivity index (χ4n) is 3.22. The lowest BCUT2D eigenvalue weighted by Gasteiger charge is -2.32. The Hall–Kier alpha value is -0.650. The first-order chi connectivity index (χ1) is 9.65. The van der Waals surface area contributed by atoms with Crippen molar-refractivity contribution in [2.75, 3.05) is 46.3 Å². The SMILES string of the molecule is CN1CCN(CCNC(=O)CC2CCCCC2N)CC1. The van der Waals surface area contributed by atoms with E-state index in [9.17, 15) is 4.79 Å². The van der Waals surface area contributed by atoms with E-state index in [1.807, 2.05) is 0 Å². The molecule has 1 aliphatic heterocycles. The zero-order valence-electron chi connectivity index (χ0n) is 12.8. The van der Waals surface area contributed by atoms with E-state index < -0.39 is 0 Å². The lowest BCUT2D eigenvalue weighted by Crippen LogP contribution is -2.47. The quantitative estimate of drug-likeness (QED) is 0.759. The van der Waals surface area contributed by atoms with Crippen LogP contribution in [0.3, 0.4) is 0 Å². The molecule has 116 valence electrons. The largest absolute Gasteiger partial charge is 0.355 e. The van der Waals surface area contributed by atoms with Crippen molar-refractivity contribution in [1.82, 2.24) is 15.1 Å². The molecule has 2 aliphatic rings. The van der Waals surface area contributed by atoms with Gasteiger partial charge in [0.15, 0.2) is 0 Å². The van der Waals surface area contributed by atoms with Gasteiger partial charge in [0, 0.05) is 51.7 Å². The number of nitrogens with two attached hydrogens (primary N) is 1. The topological polar surface area (TPSA) is 61.6 Å². The molecule has 5 nitrogen and oxygen atoms in total. The molecule has 0 bridgehead atoms. The van der Waals surface area contributed by atoms with Crippen molar-refractivity contribution in [1.29, 1.82) is 0 Å². The smallest absolute Gasteiger partial charge is 0.220 e. The Bertz CT molecular complexity index is 302. The summed E-state index contributed by atoms with van der Waals surface area (Å²) >= 11 is 0. The standard InChI is InChI=1S/C15H30N4O/c1-18-8-10-19(11-9-18)7-6-17-15(20)12-13-4-2-3-5-14(13)16/h13-14H,2-12,16H2,1H3,(H,17,20). The third kappa shape index (κ3) is 5.04. The van der Waals surface area contributed by atoms with E-state index in [0.717, 1.165) is 52.1 Å². The number of nitrogens with one attached hydrogen (secondary N) is 1. The first kappa shape index (κ1) is 15.7. The highest BCUT2D eigenvalue weighted by atomic mass is 16.1. The maximum absolute atomic E-state index is 12.0. The number of hydrogen-bond acceptors (Lipinski definition) is 4. The van der Waals surface area contributed by atoms with Crippen molar-refractivity contribution < 1.29 is 4.79 Å². The Kier molecular flexibility index (Phi) is 6.26. The van der Waals surface area contributed by atoms with Gasteiger partial charge in [-0.3, -0.25) is 9.69 Å². The van der Waals surface area contributed by atoms with Crippen molar-refractivity contribution in [3.8, 4) is 0 Å². The molecular formula is C15H30N4O. The molecule has 1 aliphatic carbocycles. The second-order valence-electron chi connectivity index (χ2n) is 6.41. The van der Waals surface area contributed by atoms with Crippen LogP contribution in [0.1, 0.15) is 32.1 Å². The average molecular weight is 282 g/mol. The Labute approximate surface area is 122 Å². The second-order valence-corrected chi connectivity index (χ2v) is 6.41. The number of piperazine rings is 1.